The van der Waals surface area contributed by atoms with Crippen molar-refractivity contribution < 1.29 is 0 Å². The number of benzene rings is 2. The fourth-order valence-electron chi connectivity index (χ4n) is 2.48. The van der Waals surface area contributed by atoms with Crippen molar-refractivity contribution >= 4 is 11.6 Å². The Balaban J connectivity index is 2.15. The van der Waals surface area contributed by atoms with Gasteiger partial charge in [-0.1, -0.05) is 53.6 Å². The van der Waals surface area contributed by atoms with Crippen molar-refractivity contribution in [1.82, 2.24) is 4.90 Å². The van der Waals surface area contributed by atoms with E-state index in [1.54, 1.807) is 0 Å². The number of nitrogens with two attached hydrogens (primary N) is 1. The van der Waals surface area contributed by atoms with Gasteiger partial charge < -0.3 is 5.73 Å². The van der Waals surface area contributed by atoms with Crippen molar-refractivity contribution in [2.75, 3.05) is 13.6 Å². The molecule has 0 heterocycles. The SMILES string of the molecule is Cc1cccc(C(CN)N(C)Cc2cccc(Cl)c2)c1. The number of likely N-dealkylation sites (N-methyl/N-ethyl adjacent to an activating group) is 1. The van der Waals surface area contributed by atoms with Crippen molar-refractivity contribution in [2.45, 2.75) is 19.5 Å². The lowest BCUT2D eigenvalue weighted by Gasteiger charge is -2.27. The minimum absolute atomic E-state index is 0.217. The number of aryl methyl sites for hydroxylation is 1. The summed E-state index contributed by atoms with van der Waals surface area (Å²) < 4.78 is 0. The zero-order valence-electron chi connectivity index (χ0n) is 12.0. The van der Waals surface area contributed by atoms with Crippen molar-refractivity contribution in [3.8, 4) is 0 Å². The van der Waals surface area contributed by atoms with Crippen LogP contribution in [0.3, 0.4) is 0 Å². The third kappa shape index (κ3) is 3.83. The van der Waals surface area contributed by atoms with Crippen LogP contribution in [0.2, 0.25) is 5.02 Å². The smallest absolute Gasteiger partial charge is 0.0471 e. The molecule has 0 aromatic heterocycles. The highest BCUT2D eigenvalue weighted by Gasteiger charge is 2.15. The Labute approximate surface area is 126 Å². The van der Waals surface area contributed by atoms with E-state index in [4.69, 9.17) is 17.3 Å². The minimum atomic E-state index is 0.217. The molecule has 0 spiro atoms. The van der Waals surface area contributed by atoms with Crippen molar-refractivity contribution in [3.05, 3.63) is 70.2 Å². The van der Waals surface area contributed by atoms with Crippen LogP contribution in [0, 0.1) is 6.92 Å². The maximum absolute atomic E-state index is 6.04. The largest absolute Gasteiger partial charge is 0.329 e. The Morgan fingerprint density at radius 1 is 1.15 bits per heavy atom. The first-order chi connectivity index (χ1) is 9.60. The van der Waals surface area contributed by atoms with Crippen LogP contribution in [-0.4, -0.2) is 18.5 Å². The summed E-state index contributed by atoms with van der Waals surface area (Å²) in [4.78, 5) is 2.26. The van der Waals surface area contributed by atoms with Crippen LogP contribution < -0.4 is 5.73 Å². The van der Waals surface area contributed by atoms with Gasteiger partial charge in [-0.2, -0.15) is 0 Å². The second kappa shape index (κ2) is 6.89. The van der Waals surface area contributed by atoms with Crippen molar-refractivity contribution in [3.63, 3.8) is 0 Å². The van der Waals surface area contributed by atoms with E-state index in [1.807, 2.05) is 18.2 Å². The Hall–Kier alpha value is -1.35. The third-order valence-electron chi connectivity index (χ3n) is 3.50. The van der Waals surface area contributed by atoms with E-state index in [-0.39, 0.29) is 6.04 Å². The average Bonchev–Trinajstić information content (AvgIpc) is 2.39. The number of halogens is 1. The predicted octanol–water partition coefficient (Wildman–Crippen LogP) is 3.78. The van der Waals surface area contributed by atoms with Gasteiger partial charge in [-0.3, -0.25) is 4.90 Å². The quantitative estimate of drug-likeness (QED) is 0.907. The molecular weight excluding hydrogens is 268 g/mol. The van der Waals surface area contributed by atoms with Gasteiger partial charge in [-0.25, -0.2) is 0 Å². The van der Waals surface area contributed by atoms with Crippen LogP contribution in [0.25, 0.3) is 0 Å². The summed E-state index contributed by atoms with van der Waals surface area (Å²) in [5, 5.41) is 0.774. The van der Waals surface area contributed by atoms with Crippen LogP contribution in [-0.2, 0) is 6.54 Å². The molecule has 0 amide bonds. The first-order valence-electron chi connectivity index (χ1n) is 6.81. The molecule has 20 heavy (non-hydrogen) atoms. The van der Waals surface area contributed by atoms with Gasteiger partial charge in [0.2, 0.25) is 0 Å². The molecule has 3 heteroatoms. The van der Waals surface area contributed by atoms with E-state index in [2.05, 4.69) is 49.2 Å². The highest BCUT2D eigenvalue weighted by atomic mass is 35.5. The number of nitrogens with zero attached hydrogens (tertiary/aromatic N) is 1. The fraction of sp³-hybridized carbons (Fsp3) is 0.294. The van der Waals surface area contributed by atoms with Crippen molar-refractivity contribution in [1.29, 1.82) is 0 Å². The molecule has 2 aromatic carbocycles. The van der Waals surface area contributed by atoms with Crippen LogP contribution >= 0.6 is 11.6 Å². The van der Waals surface area contributed by atoms with Crippen LogP contribution in [0.1, 0.15) is 22.7 Å². The molecule has 2 N–H and O–H groups in total. The Bertz CT molecular complexity index is 568. The molecule has 0 fully saturated rings. The predicted molar refractivity (Wildman–Crippen MR) is 85.9 cm³/mol. The molecule has 0 aliphatic rings. The highest BCUT2D eigenvalue weighted by molar-refractivity contribution is 6.30. The Kier molecular flexibility index (Phi) is 5.18. The summed E-state index contributed by atoms with van der Waals surface area (Å²) in [5.74, 6) is 0. The van der Waals surface area contributed by atoms with E-state index >= 15 is 0 Å². The average molecular weight is 289 g/mol. The summed E-state index contributed by atoms with van der Waals surface area (Å²) in [6.45, 7) is 3.53. The van der Waals surface area contributed by atoms with Gasteiger partial charge in [0, 0.05) is 24.2 Å². The lowest BCUT2D eigenvalue weighted by Crippen LogP contribution is -2.30. The van der Waals surface area contributed by atoms with Gasteiger partial charge in [-0.05, 0) is 37.2 Å². The third-order valence-corrected chi connectivity index (χ3v) is 3.74. The van der Waals surface area contributed by atoms with Crippen LogP contribution in [0.4, 0.5) is 0 Å². The number of hydrogen-bond donors (Lipinski definition) is 1. The Morgan fingerprint density at radius 3 is 2.55 bits per heavy atom. The van der Waals surface area contributed by atoms with E-state index in [0.29, 0.717) is 6.54 Å². The summed E-state index contributed by atoms with van der Waals surface area (Å²) in [5.41, 5.74) is 9.69. The second-order valence-electron chi connectivity index (χ2n) is 5.21. The molecule has 2 aromatic rings. The van der Waals surface area contributed by atoms with Gasteiger partial charge in [0.05, 0.1) is 0 Å². The van der Waals surface area contributed by atoms with Gasteiger partial charge in [0.1, 0.15) is 0 Å². The molecule has 0 aliphatic heterocycles. The summed E-state index contributed by atoms with van der Waals surface area (Å²) in [6, 6.07) is 16.7. The summed E-state index contributed by atoms with van der Waals surface area (Å²) >= 11 is 6.04. The molecule has 0 radical (unpaired) electrons. The molecule has 0 saturated heterocycles. The summed E-state index contributed by atoms with van der Waals surface area (Å²) in [6.07, 6.45) is 0. The maximum atomic E-state index is 6.04. The molecule has 2 nitrogen and oxygen atoms in total. The van der Waals surface area contributed by atoms with Crippen LogP contribution in [0.15, 0.2) is 48.5 Å². The zero-order chi connectivity index (χ0) is 14.5. The lowest BCUT2D eigenvalue weighted by molar-refractivity contribution is 0.242. The van der Waals surface area contributed by atoms with Gasteiger partial charge >= 0.3 is 0 Å². The molecule has 1 unspecified atom stereocenters. The highest BCUT2D eigenvalue weighted by Crippen LogP contribution is 2.22. The van der Waals surface area contributed by atoms with Gasteiger partial charge in [0.25, 0.3) is 0 Å². The fourth-order valence-corrected chi connectivity index (χ4v) is 2.69. The first kappa shape index (κ1) is 15.0. The molecule has 0 aliphatic carbocycles. The first-order valence-corrected chi connectivity index (χ1v) is 7.19. The van der Waals surface area contributed by atoms with E-state index in [1.165, 1.54) is 16.7 Å². The van der Waals surface area contributed by atoms with E-state index in [0.717, 1.165) is 11.6 Å². The molecule has 106 valence electrons. The topological polar surface area (TPSA) is 29.3 Å². The van der Waals surface area contributed by atoms with Gasteiger partial charge in [0.15, 0.2) is 0 Å². The lowest BCUT2D eigenvalue weighted by atomic mass is 10.0. The standard InChI is InChI=1S/C17H21ClN2/c1-13-5-3-7-15(9-13)17(11-19)20(2)12-14-6-4-8-16(18)10-14/h3-10,17H,11-12,19H2,1-2H3. The molecule has 0 bridgehead atoms. The molecule has 2 rings (SSSR count). The minimum Gasteiger partial charge on any atom is -0.329 e. The van der Waals surface area contributed by atoms with E-state index in [9.17, 15) is 0 Å². The molecular formula is C17H21ClN2. The molecule has 1 atom stereocenters. The summed E-state index contributed by atoms with van der Waals surface area (Å²) in [7, 11) is 2.10. The zero-order valence-corrected chi connectivity index (χ0v) is 12.8. The maximum Gasteiger partial charge on any atom is 0.0471 e. The normalized spacial score (nSPS) is 12.7. The Morgan fingerprint density at radius 2 is 1.90 bits per heavy atom. The number of hydrogen-bond acceptors (Lipinski definition) is 2. The monoisotopic (exact) mass is 288 g/mol. The number of rotatable bonds is 5. The van der Waals surface area contributed by atoms with Crippen LogP contribution in [0.5, 0.6) is 0 Å². The van der Waals surface area contributed by atoms with E-state index < -0.39 is 0 Å². The van der Waals surface area contributed by atoms with Gasteiger partial charge in [-0.15, -0.1) is 0 Å². The second-order valence-corrected chi connectivity index (χ2v) is 5.65. The van der Waals surface area contributed by atoms with Crippen molar-refractivity contribution in [2.24, 2.45) is 5.73 Å². The molecule has 0 saturated carbocycles.